The Labute approximate surface area is 164 Å². The van der Waals surface area contributed by atoms with Crippen molar-refractivity contribution in [3.05, 3.63) is 36.0 Å². The van der Waals surface area contributed by atoms with Crippen LogP contribution in [-0.4, -0.2) is 34.8 Å². The minimum absolute atomic E-state index is 0.0801. The van der Waals surface area contributed by atoms with E-state index in [1.54, 1.807) is 23.0 Å². The minimum Gasteiger partial charge on any atom is -0.463 e. The summed E-state index contributed by atoms with van der Waals surface area (Å²) in [7, 11) is -3.70. The number of hydrogen-bond acceptors (Lipinski definition) is 7. The Hall–Kier alpha value is -2.72. The molecule has 0 unspecified atom stereocenters. The number of primary sulfonamides is 1. The van der Waals surface area contributed by atoms with Crippen LogP contribution in [0.1, 0.15) is 32.3 Å². The molecule has 1 aromatic carbocycles. The van der Waals surface area contributed by atoms with Gasteiger partial charge in [0.1, 0.15) is 5.82 Å². The molecule has 0 saturated carbocycles. The maximum absolute atomic E-state index is 11.4. The minimum atomic E-state index is -3.70. The Balaban J connectivity index is 1.83. The zero-order valence-electron chi connectivity index (χ0n) is 15.9. The van der Waals surface area contributed by atoms with Crippen LogP contribution in [0.3, 0.4) is 0 Å². The highest BCUT2D eigenvalue weighted by Gasteiger charge is 2.13. The Morgan fingerprint density at radius 1 is 1.18 bits per heavy atom. The second-order valence-electron chi connectivity index (χ2n) is 6.30. The Bertz CT molecular complexity index is 1050. The van der Waals surface area contributed by atoms with E-state index in [0.717, 1.165) is 23.8 Å². The molecule has 0 radical (unpaired) electrons. The van der Waals surface area contributed by atoms with Gasteiger partial charge in [-0.25, -0.2) is 18.2 Å². The van der Waals surface area contributed by atoms with Crippen LogP contribution in [0.15, 0.2) is 35.4 Å². The van der Waals surface area contributed by atoms with Crippen LogP contribution in [0.4, 0.5) is 5.82 Å². The van der Waals surface area contributed by atoms with Crippen molar-refractivity contribution in [2.45, 2.75) is 44.7 Å². The lowest BCUT2D eigenvalue weighted by Gasteiger charge is -2.10. The van der Waals surface area contributed by atoms with Gasteiger partial charge in [0.2, 0.25) is 10.0 Å². The third-order valence-corrected chi connectivity index (χ3v) is 5.15. The van der Waals surface area contributed by atoms with Crippen molar-refractivity contribution < 1.29 is 13.2 Å². The second-order valence-corrected chi connectivity index (χ2v) is 7.86. The molecule has 2 heterocycles. The van der Waals surface area contributed by atoms with Gasteiger partial charge >= 0.3 is 6.01 Å². The highest BCUT2D eigenvalue weighted by atomic mass is 32.2. The summed E-state index contributed by atoms with van der Waals surface area (Å²) in [6.45, 7) is 5.77. The molecule has 0 fully saturated rings. The fraction of sp³-hybridized carbons (Fsp3) is 0.389. The fourth-order valence-corrected chi connectivity index (χ4v) is 3.17. The number of sulfonamides is 1. The van der Waals surface area contributed by atoms with Crippen molar-refractivity contribution in [1.82, 2.24) is 19.7 Å². The lowest BCUT2D eigenvalue weighted by molar-refractivity contribution is 0.286. The van der Waals surface area contributed by atoms with Gasteiger partial charge in [0, 0.05) is 13.1 Å². The molecule has 2 aromatic heterocycles. The molecule has 0 aliphatic carbocycles. The number of benzene rings is 1. The van der Waals surface area contributed by atoms with Crippen molar-refractivity contribution in [3.8, 4) is 6.01 Å². The number of nitrogens with zero attached hydrogens (tertiary/aromatic N) is 4. The molecule has 150 valence electrons. The molecule has 9 nitrogen and oxygen atoms in total. The maximum Gasteiger partial charge on any atom is 0.320 e. The van der Waals surface area contributed by atoms with Gasteiger partial charge in [0.15, 0.2) is 5.65 Å². The highest BCUT2D eigenvalue weighted by molar-refractivity contribution is 7.89. The second kappa shape index (κ2) is 8.53. The summed E-state index contributed by atoms with van der Waals surface area (Å²) in [5.41, 5.74) is 1.59. The number of fused-ring (bicyclic) bond motifs is 1. The maximum atomic E-state index is 11.4. The SMILES string of the molecule is CCCCOc1nc(NCc2ccc(S(N)(=O)=O)cc2)c2cnn(CC)c2n1. The van der Waals surface area contributed by atoms with Crippen LogP contribution in [0, 0.1) is 0 Å². The molecular formula is C18H24N6O3S. The summed E-state index contributed by atoms with van der Waals surface area (Å²) in [4.78, 5) is 9.04. The molecule has 0 bridgehead atoms. The van der Waals surface area contributed by atoms with Crippen LogP contribution in [0.5, 0.6) is 6.01 Å². The number of nitrogens with one attached hydrogen (secondary N) is 1. The highest BCUT2D eigenvalue weighted by Crippen LogP contribution is 2.23. The smallest absolute Gasteiger partial charge is 0.320 e. The molecule has 0 amide bonds. The van der Waals surface area contributed by atoms with Crippen LogP contribution in [0.25, 0.3) is 11.0 Å². The number of aromatic nitrogens is 4. The first-order valence-corrected chi connectivity index (χ1v) is 10.7. The zero-order valence-corrected chi connectivity index (χ0v) is 16.7. The molecule has 0 atom stereocenters. The molecule has 3 N–H and O–H groups in total. The summed E-state index contributed by atoms with van der Waals surface area (Å²) < 4.78 is 30.2. The van der Waals surface area contributed by atoms with Crippen molar-refractivity contribution in [2.24, 2.45) is 5.14 Å². The van der Waals surface area contributed by atoms with Gasteiger partial charge in [-0.05, 0) is 31.0 Å². The van der Waals surface area contributed by atoms with Gasteiger partial charge in [-0.2, -0.15) is 15.1 Å². The van der Waals surface area contributed by atoms with E-state index in [-0.39, 0.29) is 4.90 Å². The average molecular weight is 404 g/mol. The monoisotopic (exact) mass is 404 g/mol. The third-order valence-electron chi connectivity index (χ3n) is 4.22. The molecule has 0 saturated heterocycles. The topological polar surface area (TPSA) is 125 Å². The van der Waals surface area contributed by atoms with Crippen LogP contribution >= 0.6 is 0 Å². The van der Waals surface area contributed by atoms with Crippen LogP contribution in [-0.2, 0) is 23.1 Å². The number of unbranched alkanes of at least 4 members (excludes halogenated alkanes) is 1. The number of rotatable bonds is 9. The van der Waals surface area contributed by atoms with Crippen LogP contribution in [0.2, 0.25) is 0 Å². The van der Waals surface area contributed by atoms with Crippen molar-refractivity contribution >= 4 is 26.9 Å². The van der Waals surface area contributed by atoms with Gasteiger partial charge in [0.25, 0.3) is 0 Å². The van der Waals surface area contributed by atoms with Gasteiger partial charge in [-0.3, -0.25) is 0 Å². The molecule has 28 heavy (non-hydrogen) atoms. The first-order chi connectivity index (χ1) is 13.4. The number of nitrogens with two attached hydrogens (primary N) is 1. The molecule has 0 aliphatic heterocycles. The number of aryl methyl sites for hydroxylation is 1. The van der Waals surface area contributed by atoms with Gasteiger partial charge in [-0.15, -0.1) is 0 Å². The third kappa shape index (κ3) is 4.57. The predicted molar refractivity (Wildman–Crippen MR) is 107 cm³/mol. The first-order valence-electron chi connectivity index (χ1n) is 9.14. The lowest BCUT2D eigenvalue weighted by atomic mass is 10.2. The van der Waals surface area contributed by atoms with Gasteiger partial charge in [0.05, 0.1) is 23.1 Å². The molecule has 3 aromatic rings. The Morgan fingerprint density at radius 2 is 1.93 bits per heavy atom. The van der Waals surface area contributed by atoms with E-state index in [1.165, 1.54) is 12.1 Å². The predicted octanol–water partition coefficient (Wildman–Crippen LogP) is 2.28. The normalized spacial score (nSPS) is 11.7. The quantitative estimate of drug-likeness (QED) is 0.524. The largest absolute Gasteiger partial charge is 0.463 e. The molecule has 0 aliphatic rings. The lowest BCUT2D eigenvalue weighted by Crippen LogP contribution is -2.12. The fourth-order valence-electron chi connectivity index (χ4n) is 2.66. The van der Waals surface area contributed by atoms with E-state index in [1.807, 2.05) is 6.92 Å². The van der Waals surface area contributed by atoms with Crippen LogP contribution < -0.4 is 15.2 Å². The van der Waals surface area contributed by atoms with E-state index in [2.05, 4.69) is 27.3 Å². The van der Waals surface area contributed by atoms with E-state index in [0.29, 0.717) is 37.2 Å². The summed E-state index contributed by atoms with van der Waals surface area (Å²) >= 11 is 0. The number of hydrogen-bond donors (Lipinski definition) is 2. The summed E-state index contributed by atoms with van der Waals surface area (Å²) in [6, 6.07) is 6.69. The Kier molecular flexibility index (Phi) is 6.10. The van der Waals surface area contributed by atoms with Crippen molar-refractivity contribution in [2.75, 3.05) is 11.9 Å². The van der Waals surface area contributed by atoms with Crippen molar-refractivity contribution in [3.63, 3.8) is 0 Å². The Morgan fingerprint density at radius 3 is 2.57 bits per heavy atom. The van der Waals surface area contributed by atoms with E-state index in [4.69, 9.17) is 9.88 Å². The summed E-state index contributed by atoms with van der Waals surface area (Å²) in [5, 5.41) is 13.5. The average Bonchev–Trinajstić information content (AvgIpc) is 3.09. The molecule has 10 heteroatoms. The van der Waals surface area contributed by atoms with Gasteiger partial charge < -0.3 is 10.1 Å². The van der Waals surface area contributed by atoms with E-state index < -0.39 is 10.0 Å². The molecule has 0 spiro atoms. The van der Waals surface area contributed by atoms with E-state index in [9.17, 15) is 8.42 Å². The molecular weight excluding hydrogens is 380 g/mol. The summed E-state index contributed by atoms with van der Waals surface area (Å²) in [5.74, 6) is 0.617. The zero-order chi connectivity index (χ0) is 20.1. The number of anilines is 1. The first kappa shape index (κ1) is 20.0. The van der Waals surface area contributed by atoms with Crippen molar-refractivity contribution in [1.29, 1.82) is 0 Å². The van der Waals surface area contributed by atoms with Gasteiger partial charge in [-0.1, -0.05) is 25.5 Å². The molecule has 3 rings (SSSR count). The van der Waals surface area contributed by atoms with E-state index >= 15 is 0 Å². The summed E-state index contributed by atoms with van der Waals surface area (Å²) in [6.07, 6.45) is 3.67. The standard InChI is InChI=1S/C18H24N6O3S/c1-3-5-10-27-18-22-16(15-12-21-24(4-2)17(15)23-18)20-11-13-6-8-14(9-7-13)28(19,25)26/h6-9,12H,3-5,10-11H2,1-2H3,(H2,19,25,26)(H,20,22,23). The number of ether oxygens (including phenoxy) is 1.